The number of nitrogens with zero attached hydrogens (tertiary/aromatic N) is 3. The van der Waals surface area contributed by atoms with Gasteiger partial charge in [-0.15, -0.1) is 0 Å². The summed E-state index contributed by atoms with van der Waals surface area (Å²) in [6.07, 6.45) is 0. The number of imidazole rings is 2. The highest BCUT2D eigenvalue weighted by Gasteiger charge is 2.16. The van der Waals surface area contributed by atoms with Crippen molar-refractivity contribution in [3.63, 3.8) is 0 Å². The third-order valence-electron chi connectivity index (χ3n) is 4.19. The second-order valence-electron chi connectivity index (χ2n) is 5.54. The van der Waals surface area contributed by atoms with Crippen LogP contribution in [0.5, 0.6) is 0 Å². The Morgan fingerprint density at radius 2 is 1.35 bits per heavy atom. The molecule has 0 aliphatic rings. The molecule has 0 bridgehead atoms. The lowest BCUT2D eigenvalue weighted by Crippen LogP contribution is -1.94. The lowest BCUT2D eigenvalue weighted by molar-refractivity contribution is 1.11. The summed E-state index contributed by atoms with van der Waals surface area (Å²) in [4.78, 5) is 4.84. The zero-order valence-electron chi connectivity index (χ0n) is 12.1. The van der Waals surface area contributed by atoms with Crippen molar-refractivity contribution in [1.82, 2.24) is 14.0 Å². The zero-order valence-corrected chi connectivity index (χ0v) is 12.9. The van der Waals surface area contributed by atoms with Gasteiger partial charge in [0.1, 0.15) is 0 Å². The highest BCUT2D eigenvalue weighted by Crippen LogP contribution is 2.29. The molecule has 0 radical (unpaired) electrons. The Balaban J connectivity index is 2.01. The van der Waals surface area contributed by atoms with Crippen molar-refractivity contribution in [1.29, 1.82) is 0 Å². The molecule has 3 aromatic carbocycles. The Morgan fingerprint density at radius 3 is 2.13 bits per heavy atom. The van der Waals surface area contributed by atoms with E-state index in [1.807, 2.05) is 42.5 Å². The van der Waals surface area contributed by atoms with Crippen LogP contribution in [0.4, 0.5) is 0 Å². The number of fused-ring (bicyclic) bond motifs is 5. The highest BCUT2D eigenvalue weighted by molar-refractivity contribution is 6.30. The number of benzene rings is 3. The average Bonchev–Trinajstić information content (AvgIpc) is 3.10. The third kappa shape index (κ3) is 1.74. The van der Waals surface area contributed by atoms with Crippen LogP contribution in [0, 0.1) is 0 Å². The number of hydrogen-bond donors (Lipinski definition) is 0. The van der Waals surface area contributed by atoms with Gasteiger partial charge in [-0.05, 0) is 48.5 Å². The maximum Gasteiger partial charge on any atom is 0.220 e. The first-order chi connectivity index (χ1) is 11.3. The maximum absolute atomic E-state index is 6.04. The van der Waals surface area contributed by atoms with Crippen LogP contribution >= 0.6 is 11.6 Å². The lowest BCUT2D eigenvalue weighted by atomic mass is 10.2. The van der Waals surface area contributed by atoms with Gasteiger partial charge < -0.3 is 0 Å². The van der Waals surface area contributed by atoms with E-state index in [4.69, 9.17) is 16.6 Å². The fourth-order valence-corrected chi connectivity index (χ4v) is 3.32. The Hall–Kier alpha value is -2.78. The van der Waals surface area contributed by atoms with Crippen molar-refractivity contribution >= 4 is 39.4 Å². The van der Waals surface area contributed by atoms with Crippen molar-refractivity contribution < 1.29 is 0 Å². The van der Waals surface area contributed by atoms with Crippen LogP contribution in [-0.4, -0.2) is 14.0 Å². The largest absolute Gasteiger partial charge is 0.278 e. The van der Waals surface area contributed by atoms with Crippen molar-refractivity contribution in [3.8, 4) is 5.69 Å². The van der Waals surface area contributed by atoms with Gasteiger partial charge in [-0.25, -0.2) is 4.98 Å². The van der Waals surface area contributed by atoms with Gasteiger partial charge in [0, 0.05) is 10.7 Å². The van der Waals surface area contributed by atoms with Gasteiger partial charge in [0.15, 0.2) is 0 Å². The smallest absolute Gasteiger partial charge is 0.220 e. The molecule has 0 N–H and O–H groups in total. The summed E-state index contributed by atoms with van der Waals surface area (Å²) >= 11 is 6.04. The fourth-order valence-electron chi connectivity index (χ4n) is 3.20. The Morgan fingerprint density at radius 1 is 0.696 bits per heavy atom. The molecule has 0 atom stereocenters. The van der Waals surface area contributed by atoms with E-state index in [0.717, 1.165) is 38.6 Å². The number of rotatable bonds is 1. The Labute approximate surface area is 137 Å². The SMILES string of the molecule is Clc1ccc(-n2c3ccccc3n3c4ccccc4nc23)cc1. The van der Waals surface area contributed by atoms with Gasteiger partial charge in [0.25, 0.3) is 0 Å². The molecule has 4 heteroatoms. The molecule has 2 heterocycles. The quantitative estimate of drug-likeness (QED) is 0.422. The predicted molar refractivity (Wildman–Crippen MR) is 94.5 cm³/mol. The molecular formula is C19H12ClN3. The van der Waals surface area contributed by atoms with Crippen LogP contribution in [0.25, 0.3) is 33.5 Å². The Kier molecular flexibility index (Phi) is 2.55. The van der Waals surface area contributed by atoms with E-state index in [1.165, 1.54) is 0 Å². The number of halogens is 1. The number of para-hydroxylation sites is 4. The molecule has 0 saturated carbocycles. The van der Waals surface area contributed by atoms with Crippen LogP contribution in [0.15, 0.2) is 72.8 Å². The molecule has 5 rings (SSSR count). The standard InChI is InChI=1S/C19H12ClN3/c20-13-9-11-14(12-10-13)22-17-7-3-4-8-18(17)23-16-6-2-1-5-15(16)21-19(22)23/h1-12H. The normalized spacial score (nSPS) is 11.7. The van der Waals surface area contributed by atoms with Crippen LogP contribution in [0.3, 0.4) is 0 Å². The average molecular weight is 318 g/mol. The minimum Gasteiger partial charge on any atom is -0.278 e. The van der Waals surface area contributed by atoms with Crippen molar-refractivity contribution in [2.45, 2.75) is 0 Å². The van der Waals surface area contributed by atoms with E-state index in [-0.39, 0.29) is 0 Å². The molecule has 5 aromatic rings. The summed E-state index contributed by atoms with van der Waals surface area (Å²) < 4.78 is 4.38. The van der Waals surface area contributed by atoms with E-state index in [0.29, 0.717) is 0 Å². The predicted octanol–water partition coefficient (Wildman–Crippen LogP) is 5.08. The first-order valence-electron chi connectivity index (χ1n) is 7.45. The summed E-state index contributed by atoms with van der Waals surface area (Å²) in [5, 5.41) is 0.731. The molecule has 0 spiro atoms. The molecule has 0 aliphatic heterocycles. The zero-order chi connectivity index (χ0) is 15.4. The Bertz CT molecular complexity index is 1170. The topological polar surface area (TPSA) is 22.2 Å². The molecule has 0 amide bonds. The third-order valence-corrected chi connectivity index (χ3v) is 4.44. The van der Waals surface area contributed by atoms with Gasteiger partial charge in [-0.3, -0.25) is 8.97 Å². The monoisotopic (exact) mass is 317 g/mol. The number of aromatic nitrogens is 3. The molecule has 2 aromatic heterocycles. The molecule has 23 heavy (non-hydrogen) atoms. The van der Waals surface area contributed by atoms with Gasteiger partial charge in [0.2, 0.25) is 5.78 Å². The first-order valence-corrected chi connectivity index (χ1v) is 7.83. The maximum atomic E-state index is 6.04. The lowest BCUT2D eigenvalue weighted by Gasteiger charge is -2.04. The molecule has 3 nitrogen and oxygen atoms in total. The van der Waals surface area contributed by atoms with Crippen molar-refractivity contribution in [2.24, 2.45) is 0 Å². The van der Waals surface area contributed by atoms with Gasteiger partial charge >= 0.3 is 0 Å². The molecular weight excluding hydrogens is 306 g/mol. The van der Waals surface area contributed by atoms with Gasteiger partial charge in [0.05, 0.1) is 22.1 Å². The van der Waals surface area contributed by atoms with Crippen LogP contribution in [0.2, 0.25) is 5.02 Å². The highest BCUT2D eigenvalue weighted by atomic mass is 35.5. The minimum absolute atomic E-state index is 0.731. The van der Waals surface area contributed by atoms with Gasteiger partial charge in [-0.2, -0.15) is 0 Å². The fraction of sp³-hybridized carbons (Fsp3) is 0. The first kappa shape index (κ1) is 12.7. The van der Waals surface area contributed by atoms with Gasteiger partial charge in [-0.1, -0.05) is 35.9 Å². The summed E-state index contributed by atoms with van der Waals surface area (Å²) in [7, 11) is 0. The van der Waals surface area contributed by atoms with Crippen LogP contribution in [0.1, 0.15) is 0 Å². The van der Waals surface area contributed by atoms with Crippen LogP contribution in [-0.2, 0) is 0 Å². The van der Waals surface area contributed by atoms with E-state index in [1.54, 1.807) is 0 Å². The molecule has 0 unspecified atom stereocenters. The number of hydrogen-bond acceptors (Lipinski definition) is 1. The molecule has 0 fully saturated rings. The van der Waals surface area contributed by atoms with E-state index < -0.39 is 0 Å². The summed E-state index contributed by atoms with van der Waals surface area (Å²) in [6.45, 7) is 0. The second-order valence-corrected chi connectivity index (χ2v) is 5.97. The molecule has 0 saturated heterocycles. The molecule has 110 valence electrons. The van der Waals surface area contributed by atoms with Crippen LogP contribution < -0.4 is 0 Å². The second kappa shape index (κ2) is 4.61. The summed E-state index contributed by atoms with van der Waals surface area (Å²) in [6, 6.07) is 24.4. The molecule has 0 aliphatic carbocycles. The minimum atomic E-state index is 0.731. The van der Waals surface area contributed by atoms with Crippen molar-refractivity contribution in [3.05, 3.63) is 77.8 Å². The van der Waals surface area contributed by atoms with E-state index in [9.17, 15) is 0 Å². The van der Waals surface area contributed by atoms with Crippen molar-refractivity contribution in [2.75, 3.05) is 0 Å². The van der Waals surface area contributed by atoms with E-state index in [2.05, 4.69) is 39.3 Å². The summed E-state index contributed by atoms with van der Waals surface area (Å²) in [5.74, 6) is 0.912. The summed E-state index contributed by atoms with van der Waals surface area (Å²) in [5.41, 5.74) is 5.44. The van der Waals surface area contributed by atoms with E-state index >= 15 is 0 Å².